The first kappa shape index (κ1) is 11.2. The predicted octanol–water partition coefficient (Wildman–Crippen LogP) is 2.54. The highest BCUT2D eigenvalue weighted by Gasteiger charge is 2.08. The molecule has 0 radical (unpaired) electrons. The third kappa shape index (κ3) is 1.84. The summed E-state index contributed by atoms with van der Waals surface area (Å²) in [5.74, 6) is 0. The Kier molecular flexibility index (Phi) is 2.74. The largest absolute Gasteiger partial charge is 0.388 e. The van der Waals surface area contributed by atoms with Gasteiger partial charge < -0.3 is 10.1 Å². The number of aromatic nitrogens is 1. The number of benzene rings is 1. The van der Waals surface area contributed by atoms with Crippen LogP contribution >= 0.6 is 11.6 Å². The van der Waals surface area contributed by atoms with Gasteiger partial charge in [0.2, 0.25) is 0 Å². The predicted molar refractivity (Wildman–Crippen MR) is 64.9 cm³/mol. The standard InChI is InChI=1S/C12H12ClNO2/c1-6-3-8-4-9(7(2)15)12(16)14-11(8)5-10(6)13/h3-5,7,15H,1-2H3,(H,14,16). The van der Waals surface area contributed by atoms with Gasteiger partial charge in [-0.2, -0.15) is 0 Å². The molecule has 0 fully saturated rings. The maximum absolute atomic E-state index is 11.6. The maximum Gasteiger partial charge on any atom is 0.254 e. The fourth-order valence-electron chi connectivity index (χ4n) is 1.67. The number of H-pyrrole nitrogens is 1. The van der Waals surface area contributed by atoms with Crippen LogP contribution in [0.3, 0.4) is 0 Å². The van der Waals surface area contributed by atoms with Crippen molar-refractivity contribution in [1.29, 1.82) is 0 Å². The fourth-order valence-corrected chi connectivity index (χ4v) is 1.83. The molecular weight excluding hydrogens is 226 g/mol. The summed E-state index contributed by atoms with van der Waals surface area (Å²) in [5, 5.41) is 10.9. The van der Waals surface area contributed by atoms with Crippen molar-refractivity contribution in [2.24, 2.45) is 0 Å². The van der Waals surface area contributed by atoms with Crippen LogP contribution in [0, 0.1) is 6.92 Å². The van der Waals surface area contributed by atoms with Crippen LogP contribution in [-0.2, 0) is 0 Å². The highest BCUT2D eigenvalue weighted by Crippen LogP contribution is 2.22. The Morgan fingerprint density at radius 2 is 2.06 bits per heavy atom. The summed E-state index contributed by atoms with van der Waals surface area (Å²) in [6.45, 7) is 3.47. The van der Waals surface area contributed by atoms with Crippen molar-refractivity contribution in [1.82, 2.24) is 4.98 Å². The average Bonchev–Trinajstić information content (AvgIpc) is 2.19. The zero-order chi connectivity index (χ0) is 11.9. The minimum Gasteiger partial charge on any atom is -0.388 e. The first-order valence-corrected chi connectivity index (χ1v) is 5.38. The Hall–Kier alpha value is -1.32. The molecule has 1 aromatic heterocycles. The molecule has 2 rings (SSSR count). The molecule has 2 N–H and O–H groups in total. The molecule has 1 atom stereocenters. The zero-order valence-electron chi connectivity index (χ0n) is 9.04. The molecule has 0 saturated heterocycles. The molecule has 0 aliphatic carbocycles. The number of pyridine rings is 1. The summed E-state index contributed by atoms with van der Waals surface area (Å²) in [4.78, 5) is 14.3. The molecule has 0 bridgehead atoms. The van der Waals surface area contributed by atoms with Crippen molar-refractivity contribution in [3.05, 3.63) is 44.7 Å². The van der Waals surface area contributed by atoms with E-state index in [1.54, 1.807) is 19.1 Å². The van der Waals surface area contributed by atoms with Crippen molar-refractivity contribution >= 4 is 22.5 Å². The number of halogens is 1. The lowest BCUT2D eigenvalue weighted by molar-refractivity contribution is 0.198. The van der Waals surface area contributed by atoms with Gasteiger partial charge in [-0.25, -0.2) is 0 Å². The lowest BCUT2D eigenvalue weighted by Crippen LogP contribution is -2.14. The minimum atomic E-state index is -0.774. The Balaban J connectivity index is 2.80. The third-order valence-corrected chi connectivity index (χ3v) is 3.01. The zero-order valence-corrected chi connectivity index (χ0v) is 9.80. The second kappa shape index (κ2) is 3.92. The van der Waals surface area contributed by atoms with E-state index in [1.165, 1.54) is 0 Å². The fraction of sp³-hybridized carbons (Fsp3) is 0.250. The quantitative estimate of drug-likeness (QED) is 0.801. The van der Waals surface area contributed by atoms with E-state index in [4.69, 9.17) is 11.6 Å². The first-order valence-electron chi connectivity index (χ1n) is 5.00. The summed E-state index contributed by atoms with van der Waals surface area (Å²) < 4.78 is 0. The first-order chi connectivity index (χ1) is 7.49. The van der Waals surface area contributed by atoms with Gasteiger partial charge in [-0.15, -0.1) is 0 Å². The van der Waals surface area contributed by atoms with Crippen LogP contribution in [0.4, 0.5) is 0 Å². The van der Waals surface area contributed by atoms with Gasteiger partial charge in [0.25, 0.3) is 5.56 Å². The molecule has 0 saturated carbocycles. The molecular formula is C12H12ClNO2. The Morgan fingerprint density at radius 1 is 1.38 bits per heavy atom. The molecule has 4 heteroatoms. The van der Waals surface area contributed by atoms with E-state index >= 15 is 0 Å². The van der Waals surface area contributed by atoms with Gasteiger partial charge in [0.05, 0.1) is 6.10 Å². The van der Waals surface area contributed by atoms with Gasteiger partial charge in [-0.3, -0.25) is 4.79 Å². The van der Waals surface area contributed by atoms with Crippen LogP contribution in [0.15, 0.2) is 23.0 Å². The summed E-state index contributed by atoms with van der Waals surface area (Å²) in [6.07, 6.45) is -0.774. The lowest BCUT2D eigenvalue weighted by Gasteiger charge is -2.07. The van der Waals surface area contributed by atoms with Crippen molar-refractivity contribution in [2.45, 2.75) is 20.0 Å². The van der Waals surface area contributed by atoms with Crippen LogP contribution in [0.25, 0.3) is 10.9 Å². The highest BCUT2D eigenvalue weighted by molar-refractivity contribution is 6.32. The van der Waals surface area contributed by atoms with E-state index in [0.29, 0.717) is 16.1 Å². The van der Waals surface area contributed by atoms with E-state index < -0.39 is 6.10 Å². The van der Waals surface area contributed by atoms with Crippen molar-refractivity contribution in [3.63, 3.8) is 0 Å². The van der Waals surface area contributed by atoms with Gasteiger partial charge in [-0.05, 0) is 43.0 Å². The summed E-state index contributed by atoms with van der Waals surface area (Å²) in [7, 11) is 0. The van der Waals surface area contributed by atoms with E-state index in [9.17, 15) is 9.90 Å². The maximum atomic E-state index is 11.6. The second-order valence-corrected chi connectivity index (χ2v) is 4.33. The Labute approximate surface area is 97.7 Å². The molecule has 0 spiro atoms. The second-order valence-electron chi connectivity index (χ2n) is 3.92. The molecule has 3 nitrogen and oxygen atoms in total. The number of rotatable bonds is 1. The van der Waals surface area contributed by atoms with Gasteiger partial charge >= 0.3 is 0 Å². The molecule has 1 aromatic carbocycles. The number of hydrogen-bond donors (Lipinski definition) is 2. The van der Waals surface area contributed by atoms with Gasteiger partial charge in [0, 0.05) is 16.1 Å². The highest BCUT2D eigenvalue weighted by atomic mass is 35.5. The molecule has 16 heavy (non-hydrogen) atoms. The van der Waals surface area contributed by atoms with Crippen LogP contribution < -0.4 is 5.56 Å². The van der Waals surface area contributed by atoms with Crippen LogP contribution in [-0.4, -0.2) is 10.1 Å². The topological polar surface area (TPSA) is 53.1 Å². The number of aliphatic hydroxyl groups is 1. The number of fused-ring (bicyclic) bond motifs is 1. The number of nitrogens with one attached hydrogen (secondary N) is 1. The van der Waals surface area contributed by atoms with E-state index in [2.05, 4.69) is 4.98 Å². The van der Waals surface area contributed by atoms with Crippen LogP contribution in [0.2, 0.25) is 5.02 Å². The van der Waals surface area contributed by atoms with Gasteiger partial charge in [0.1, 0.15) is 0 Å². The molecule has 2 aromatic rings. The number of aryl methyl sites for hydroxylation is 1. The van der Waals surface area contributed by atoms with E-state index in [-0.39, 0.29) is 5.56 Å². The Bertz CT molecular complexity index is 602. The summed E-state index contributed by atoms with van der Waals surface area (Å²) in [5.41, 5.74) is 1.72. The van der Waals surface area contributed by atoms with Crippen LogP contribution in [0.5, 0.6) is 0 Å². The van der Waals surface area contributed by atoms with Crippen molar-refractivity contribution in [3.8, 4) is 0 Å². The van der Waals surface area contributed by atoms with Gasteiger partial charge in [-0.1, -0.05) is 11.6 Å². The summed E-state index contributed by atoms with van der Waals surface area (Å²) in [6, 6.07) is 5.31. The SMILES string of the molecule is Cc1cc2cc(C(C)O)c(=O)[nH]c2cc1Cl. The molecule has 0 aliphatic rings. The van der Waals surface area contributed by atoms with Crippen molar-refractivity contribution in [2.75, 3.05) is 0 Å². The smallest absolute Gasteiger partial charge is 0.254 e. The van der Waals surface area contributed by atoms with Crippen molar-refractivity contribution < 1.29 is 5.11 Å². The van der Waals surface area contributed by atoms with Gasteiger partial charge in [0.15, 0.2) is 0 Å². The number of aliphatic hydroxyl groups excluding tert-OH is 1. The molecule has 1 unspecified atom stereocenters. The average molecular weight is 238 g/mol. The number of aromatic amines is 1. The molecule has 1 heterocycles. The number of hydrogen-bond acceptors (Lipinski definition) is 2. The minimum absolute atomic E-state index is 0.276. The normalized spacial score (nSPS) is 13.0. The van der Waals surface area contributed by atoms with E-state index in [1.807, 2.05) is 13.0 Å². The lowest BCUT2D eigenvalue weighted by atomic mass is 10.1. The third-order valence-electron chi connectivity index (χ3n) is 2.60. The van der Waals surface area contributed by atoms with Crippen LogP contribution in [0.1, 0.15) is 24.2 Å². The van der Waals surface area contributed by atoms with E-state index in [0.717, 1.165) is 10.9 Å². The molecule has 0 amide bonds. The summed E-state index contributed by atoms with van der Waals surface area (Å²) >= 11 is 5.97. The molecule has 0 aliphatic heterocycles. The monoisotopic (exact) mass is 237 g/mol. The Morgan fingerprint density at radius 3 is 2.69 bits per heavy atom. The molecule has 84 valence electrons.